The fourth-order valence-electron chi connectivity index (χ4n) is 1.09. The van der Waals surface area contributed by atoms with E-state index in [4.69, 9.17) is 16.3 Å². The highest BCUT2D eigenvalue weighted by molar-refractivity contribution is 6.29. The van der Waals surface area contributed by atoms with Gasteiger partial charge in [-0.1, -0.05) is 11.6 Å². The van der Waals surface area contributed by atoms with E-state index in [0.29, 0.717) is 11.6 Å². The van der Waals surface area contributed by atoms with Crippen molar-refractivity contribution in [1.29, 1.82) is 0 Å². The molecule has 4 heteroatoms. The molecule has 3 nitrogen and oxygen atoms in total. The van der Waals surface area contributed by atoms with Crippen LogP contribution in [0.3, 0.4) is 0 Å². The maximum atomic E-state index is 10.8. The van der Waals surface area contributed by atoms with Crippen LogP contribution in [0.5, 0.6) is 5.75 Å². The molecule has 1 aromatic rings. The maximum Gasteiger partial charge on any atom is 0.221 e. The standard InChI is InChI=1S/C12H14ClNO2/c1-9(13)7-8-16-12-5-3-11(4-6-12)14-10(2)15/h3-7H,8H2,1-2H3,(H,14,15)/b9-7-. The molecule has 0 saturated heterocycles. The number of benzene rings is 1. The molecule has 0 aliphatic heterocycles. The molecule has 0 heterocycles. The molecule has 0 aliphatic carbocycles. The van der Waals surface area contributed by atoms with Crippen molar-refractivity contribution in [2.24, 2.45) is 0 Å². The molecular formula is C12H14ClNO2. The minimum Gasteiger partial charge on any atom is -0.489 e. The van der Waals surface area contributed by atoms with Gasteiger partial charge >= 0.3 is 0 Å². The maximum absolute atomic E-state index is 10.8. The number of allylic oxidation sites excluding steroid dienone is 1. The summed E-state index contributed by atoms with van der Waals surface area (Å²) in [6.45, 7) is 3.71. The van der Waals surface area contributed by atoms with E-state index < -0.39 is 0 Å². The smallest absolute Gasteiger partial charge is 0.221 e. The lowest BCUT2D eigenvalue weighted by molar-refractivity contribution is -0.114. The Morgan fingerprint density at radius 2 is 2.00 bits per heavy atom. The van der Waals surface area contributed by atoms with Crippen molar-refractivity contribution < 1.29 is 9.53 Å². The highest BCUT2D eigenvalue weighted by atomic mass is 35.5. The number of rotatable bonds is 4. The monoisotopic (exact) mass is 239 g/mol. The molecule has 1 rings (SSSR count). The van der Waals surface area contributed by atoms with Crippen LogP contribution in [-0.4, -0.2) is 12.5 Å². The van der Waals surface area contributed by atoms with Crippen molar-refractivity contribution in [1.82, 2.24) is 0 Å². The van der Waals surface area contributed by atoms with Crippen LogP contribution in [0.25, 0.3) is 0 Å². The second kappa shape index (κ2) is 6.18. The lowest BCUT2D eigenvalue weighted by Crippen LogP contribution is -2.05. The van der Waals surface area contributed by atoms with E-state index in [1.54, 1.807) is 37.3 Å². The molecule has 0 unspecified atom stereocenters. The van der Waals surface area contributed by atoms with Gasteiger partial charge in [0, 0.05) is 17.6 Å². The molecule has 0 aliphatic rings. The summed E-state index contributed by atoms with van der Waals surface area (Å²) >= 11 is 5.66. The van der Waals surface area contributed by atoms with Gasteiger partial charge in [-0.3, -0.25) is 4.79 Å². The molecular weight excluding hydrogens is 226 g/mol. The zero-order valence-electron chi connectivity index (χ0n) is 9.29. The highest BCUT2D eigenvalue weighted by Crippen LogP contribution is 2.15. The zero-order valence-corrected chi connectivity index (χ0v) is 10.0. The van der Waals surface area contributed by atoms with Crippen LogP contribution in [-0.2, 0) is 4.79 Å². The quantitative estimate of drug-likeness (QED) is 0.877. The number of ether oxygens (including phenoxy) is 1. The zero-order chi connectivity index (χ0) is 12.0. The molecule has 16 heavy (non-hydrogen) atoms. The third kappa shape index (κ3) is 4.84. The van der Waals surface area contributed by atoms with Gasteiger partial charge < -0.3 is 10.1 Å². The summed E-state index contributed by atoms with van der Waals surface area (Å²) in [5.74, 6) is 0.651. The van der Waals surface area contributed by atoms with E-state index in [1.165, 1.54) is 6.92 Å². The van der Waals surface area contributed by atoms with Crippen LogP contribution in [0, 0.1) is 0 Å². The Bertz CT molecular complexity index is 381. The van der Waals surface area contributed by atoms with Crippen LogP contribution >= 0.6 is 11.6 Å². The Balaban J connectivity index is 2.51. The van der Waals surface area contributed by atoms with E-state index in [0.717, 1.165) is 11.4 Å². The Morgan fingerprint density at radius 3 is 2.50 bits per heavy atom. The van der Waals surface area contributed by atoms with E-state index >= 15 is 0 Å². The normalized spacial score (nSPS) is 11.1. The van der Waals surface area contributed by atoms with Gasteiger partial charge in [0.2, 0.25) is 5.91 Å². The number of nitrogens with one attached hydrogen (secondary N) is 1. The lowest BCUT2D eigenvalue weighted by atomic mass is 10.3. The van der Waals surface area contributed by atoms with Gasteiger partial charge in [-0.2, -0.15) is 0 Å². The van der Waals surface area contributed by atoms with Gasteiger partial charge in [0.15, 0.2) is 0 Å². The van der Waals surface area contributed by atoms with Crippen LogP contribution in [0.2, 0.25) is 0 Å². The molecule has 0 radical (unpaired) electrons. The summed E-state index contributed by atoms with van der Waals surface area (Å²) in [5, 5.41) is 3.38. The average Bonchev–Trinajstić information content (AvgIpc) is 2.19. The number of halogens is 1. The number of carbonyl (C=O) groups is 1. The van der Waals surface area contributed by atoms with Gasteiger partial charge in [-0.15, -0.1) is 0 Å². The third-order valence-electron chi connectivity index (χ3n) is 1.79. The van der Waals surface area contributed by atoms with Crippen molar-refractivity contribution >= 4 is 23.2 Å². The predicted molar refractivity (Wildman–Crippen MR) is 65.9 cm³/mol. The minimum absolute atomic E-state index is 0.0885. The van der Waals surface area contributed by atoms with Crippen LogP contribution in [0.4, 0.5) is 5.69 Å². The Labute approximate surface area is 100 Å². The highest BCUT2D eigenvalue weighted by Gasteiger charge is 1.96. The first-order chi connectivity index (χ1) is 7.58. The topological polar surface area (TPSA) is 38.3 Å². The molecule has 0 bridgehead atoms. The Morgan fingerprint density at radius 1 is 1.38 bits per heavy atom. The molecule has 0 saturated carbocycles. The van der Waals surface area contributed by atoms with Crippen molar-refractivity contribution in [3.63, 3.8) is 0 Å². The molecule has 1 amide bonds. The van der Waals surface area contributed by atoms with Crippen molar-refractivity contribution in [3.8, 4) is 5.75 Å². The van der Waals surface area contributed by atoms with Crippen LogP contribution in [0.15, 0.2) is 35.4 Å². The number of anilines is 1. The Kier molecular flexibility index (Phi) is 4.86. The SMILES string of the molecule is CC(=O)Nc1ccc(OC/C=C(/C)Cl)cc1. The summed E-state index contributed by atoms with van der Waals surface area (Å²) in [6, 6.07) is 7.16. The van der Waals surface area contributed by atoms with Crippen LogP contribution < -0.4 is 10.1 Å². The van der Waals surface area contributed by atoms with Gasteiger partial charge in [0.05, 0.1) is 0 Å². The summed E-state index contributed by atoms with van der Waals surface area (Å²) in [5.41, 5.74) is 0.754. The molecule has 86 valence electrons. The number of hydrogen-bond acceptors (Lipinski definition) is 2. The fraction of sp³-hybridized carbons (Fsp3) is 0.250. The van der Waals surface area contributed by atoms with E-state index in [1.807, 2.05) is 0 Å². The molecule has 0 aromatic heterocycles. The first-order valence-electron chi connectivity index (χ1n) is 4.90. The molecule has 1 aromatic carbocycles. The molecule has 0 spiro atoms. The summed E-state index contributed by atoms with van der Waals surface area (Å²) in [4.78, 5) is 10.8. The largest absolute Gasteiger partial charge is 0.489 e. The first kappa shape index (κ1) is 12.6. The second-order valence-corrected chi connectivity index (χ2v) is 3.90. The number of hydrogen-bond donors (Lipinski definition) is 1. The Hall–Kier alpha value is -1.48. The molecule has 0 atom stereocenters. The number of amides is 1. The predicted octanol–water partition coefficient (Wildman–Crippen LogP) is 3.17. The van der Waals surface area contributed by atoms with Crippen LogP contribution in [0.1, 0.15) is 13.8 Å². The molecule has 0 fully saturated rings. The summed E-state index contributed by atoms with van der Waals surface area (Å²) < 4.78 is 5.40. The minimum atomic E-state index is -0.0885. The number of carbonyl (C=O) groups excluding carboxylic acids is 1. The van der Waals surface area contributed by atoms with Crippen molar-refractivity contribution in [2.75, 3.05) is 11.9 Å². The van der Waals surface area contributed by atoms with Gasteiger partial charge in [-0.05, 0) is 37.3 Å². The van der Waals surface area contributed by atoms with E-state index in [9.17, 15) is 4.79 Å². The average molecular weight is 240 g/mol. The van der Waals surface area contributed by atoms with Gasteiger partial charge in [0.25, 0.3) is 0 Å². The summed E-state index contributed by atoms with van der Waals surface area (Å²) in [7, 11) is 0. The van der Waals surface area contributed by atoms with Crippen molar-refractivity contribution in [2.45, 2.75) is 13.8 Å². The van der Waals surface area contributed by atoms with E-state index in [-0.39, 0.29) is 5.91 Å². The first-order valence-corrected chi connectivity index (χ1v) is 5.28. The second-order valence-electron chi connectivity index (χ2n) is 3.31. The third-order valence-corrected chi connectivity index (χ3v) is 1.94. The van der Waals surface area contributed by atoms with Gasteiger partial charge in [-0.25, -0.2) is 0 Å². The molecule has 1 N–H and O–H groups in total. The van der Waals surface area contributed by atoms with Crippen molar-refractivity contribution in [3.05, 3.63) is 35.4 Å². The van der Waals surface area contributed by atoms with E-state index in [2.05, 4.69) is 5.32 Å². The summed E-state index contributed by atoms with van der Waals surface area (Å²) in [6.07, 6.45) is 1.78. The fourth-order valence-corrected chi connectivity index (χ4v) is 1.15. The lowest BCUT2D eigenvalue weighted by Gasteiger charge is -2.05. The van der Waals surface area contributed by atoms with Gasteiger partial charge in [0.1, 0.15) is 12.4 Å².